The van der Waals surface area contributed by atoms with Gasteiger partial charge in [0, 0.05) is 32.0 Å². The molecule has 1 heterocycles. The molecule has 1 aromatic heterocycles. The molecule has 0 aliphatic heterocycles. The monoisotopic (exact) mass is 425 g/mol. The van der Waals surface area contributed by atoms with E-state index in [2.05, 4.69) is 4.98 Å². The Balaban J connectivity index is 1.87. The standard InChI is InChI=1S/C23H27N3O3S/c1-17(2)26(18-10-5-4-6-11-18)21(27)16-30-23-24-20-13-8-7-12-19(20)22(28)25(23)14-9-15-29-3/h4-8,10-13,17H,9,14-16H2,1-3H3. The number of anilines is 1. The molecular weight excluding hydrogens is 398 g/mol. The zero-order chi connectivity index (χ0) is 21.5. The summed E-state index contributed by atoms with van der Waals surface area (Å²) in [6.07, 6.45) is 0.695. The van der Waals surface area contributed by atoms with Crippen molar-refractivity contribution in [1.82, 2.24) is 9.55 Å². The molecule has 1 amide bonds. The van der Waals surface area contributed by atoms with Gasteiger partial charge in [-0.1, -0.05) is 42.1 Å². The lowest BCUT2D eigenvalue weighted by atomic mass is 10.2. The minimum absolute atomic E-state index is 0.0213. The molecule has 7 heteroatoms. The van der Waals surface area contributed by atoms with E-state index >= 15 is 0 Å². The van der Waals surface area contributed by atoms with E-state index in [-0.39, 0.29) is 23.3 Å². The first-order chi connectivity index (χ1) is 14.5. The van der Waals surface area contributed by atoms with E-state index in [0.717, 1.165) is 5.69 Å². The number of nitrogens with zero attached hydrogens (tertiary/aromatic N) is 3. The molecule has 0 fully saturated rings. The summed E-state index contributed by atoms with van der Waals surface area (Å²) >= 11 is 1.30. The summed E-state index contributed by atoms with van der Waals surface area (Å²) in [7, 11) is 1.64. The average molecular weight is 426 g/mol. The fourth-order valence-corrected chi connectivity index (χ4v) is 4.22. The van der Waals surface area contributed by atoms with Gasteiger partial charge in [0.05, 0.1) is 16.7 Å². The molecule has 0 aliphatic rings. The van der Waals surface area contributed by atoms with Crippen molar-refractivity contribution in [2.75, 3.05) is 24.4 Å². The van der Waals surface area contributed by atoms with Gasteiger partial charge in [-0.2, -0.15) is 0 Å². The maximum Gasteiger partial charge on any atom is 0.262 e. The highest BCUT2D eigenvalue weighted by molar-refractivity contribution is 7.99. The summed E-state index contributed by atoms with van der Waals surface area (Å²) < 4.78 is 6.79. The first-order valence-corrected chi connectivity index (χ1v) is 11.0. The predicted octanol–water partition coefficient (Wildman–Crippen LogP) is 3.97. The molecule has 0 saturated heterocycles. The molecule has 0 bridgehead atoms. The summed E-state index contributed by atoms with van der Waals surface area (Å²) in [4.78, 5) is 32.5. The topological polar surface area (TPSA) is 64.4 Å². The molecule has 3 aromatic rings. The summed E-state index contributed by atoms with van der Waals surface area (Å²) in [6, 6.07) is 17.0. The Morgan fingerprint density at radius 2 is 1.83 bits per heavy atom. The number of methoxy groups -OCH3 is 1. The lowest BCUT2D eigenvalue weighted by molar-refractivity contribution is -0.116. The van der Waals surface area contributed by atoms with Gasteiger partial charge in [0.2, 0.25) is 5.91 Å². The highest BCUT2D eigenvalue weighted by Gasteiger charge is 2.20. The third-order valence-electron chi connectivity index (χ3n) is 4.70. The van der Waals surface area contributed by atoms with Gasteiger partial charge in [-0.05, 0) is 44.5 Å². The second-order valence-electron chi connectivity index (χ2n) is 7.20. The molecule has 0 N–H and O–H groups in total. The third-order valence-corrected chi connectivity index (χ3v) is 5.66. The van der Waals surface area contributed by atoms with Crippen LogP contribution < -0.4 is 10.5 Å². The molecule has 6 nitrogen and oxygen atoms in total. The molecule has 2 aromatic carbocycles. The van der Waals surface area contributed by atoms with E-state index < -0.39 is 0 Å². The lowest BCUT2D eigenvalue weighted by Crippen LogP contribution is -2.38. The van der Waals surface area contributed by atoms with Crippen molar-refractivity contribution in [3.63, 3.8) is 0 Å². The minimum atomic E-state index is -0.0876. The number of hydrogen-bond acceptors (Lipinski definition) is 5. The second kappa shape index (κ2) is 10.4. The smallest absolute Gasteiger partial charge is 0.262 e. The molecule has 158 valence electrons. The van der Waals surface area contributed by atoms with Gasteiger partial charge < -0.3 is 9.64 Å². The van der Waals surface area contributed by atoms with E-state index in [0.29, 0.717) is 35.6 Å². The highest BCUT2D eigenvalue weighted by atomic mass is 32.2. The Labute approximate surface area is 180 Å². The minimum Gasteiger partial charge on any atom is -0.385 e. The summed E-state index contributed by atoms with van der Waals surface area (Å²) in [5.41, 5.74) is 1.42. The van der Waals surface area contributed by atoms with Gasteiger partial charge in [-0.15, -0.1) is 0 Å². The number of hydrogen-bond donors (Lipinski definition) is 0. The second-order valence-corrected chi connectivity index (χ2v) is 8.14. The van der Waals surface area contributed by atoms with Gasteiger partial charge in [-0.25, -0.2) is 4.98 Å². The van der Waals surface area contributed by atoms with Crippen LogP contribution in [0.1, 0.15) is 20.3 Å². The number of ether oxygens (including phenoxy) is 1. The van der Waals surface area contributed by atoms with Crippen molar-refractivity contribution in [2.24, 2.45) is 0 Å². The van der Waals surface area contributed by atoms with Crippen molar-refractivity contribution in [1.29, 1.82) is 0 Å². The Bertz CT molecular complexity index is 1050. The van der Waals surface area contributed by atoms with Gasteiger partial charge in [-0.3, -0.25) is 14.2 Å². The number of fused-ring (bicyclic) bond motifs is 1. The SMILES string of the molecule is COCCCn1c(SCC(=O)N(c2ccccc2)C(C)C)nc2ccccc2c1=O. The molecule has 0 unspecified atom stereocenters. The molecule has 0 aliphatic carbocycles. The van der Waals surface area contributed by atoms with Gasteiger partial charge in [0.25, 0.3) is 5.56 Å². The maximum absolute atomic E-state index is 13.0. The Hall–Kier alpha value is -2.64. The van der Waals surface area contributed by atoms with Crippen molar-refractivity contribution < 1.29 is 9.53 Å². The number of carbonyl (C=O) groups is 1. The zero-order valence-electron chi connectivity index (χ0n) is 17.6. The first-order valence-electron chi connectivity index (χ1n) is 10.0. The van der Waals surface area contributed by atoms with Crippen molar-refractivity contribution in [3.8, 4) is 0 Å². The van der Waals surface area contributed by atoms with Crippen LogP contribution in [0.3, 0.4) is 0 Å². The fourth-order valence-electron chi connectivity index (χ4n) is 3.34. The van der Waals surface area contributed by atoms with Crippen LogP contribution in [0.25, 0.3) is 10.9 Å². The molecule has 3 rings (SSSR count). The van der Waals surface area contributed by atoms with Crippen LogP contribution in [0.15, 0.2) is 64.5 Å². The van der Waals surface area contributed by atoms with Crippen molar-refractivity contribution in [3.05, 3.63) is 65.0 Å². The van der Waals surface area contributed by atoms with Crippen molar-refractivity contribution in [2.45, 2.75) is 38.0 Å². The van der Waals surface area contributed by atoms with E-state index in [1.807, 2.05) is 62.4 Å². The number of aromatic nitrogens is 2. The predicted molar refractivity (Wildman–Crippen MR) is 122 cm³/mol. The number of rotatable bonds is 9. The lowest BCUT2D eigenvalue weighted by Gasteiger charge is -2.27. The summed E-state index contributed by atoms with van der Waals surface area (Å²) in [6.45, 7) is 5.03. The van der Waals surface area contributed by atoms with Crippen molar-refractivity contribution >= 4 is 34.3 Å². The van der Waals surface area contributed by atoms with E-state index in [1.54, 1.807) is 22.6 Å². The number of para-hydroxylation sites is 2. The summed E-state index contributed by atoms with van der Waals surface area (Å²) in [5, 5.41) is 1.14. The molecule has 0 atom stereocenters. The zero-order valence-corrected chi connectivity index (χ0v) is 18.4. The van der Waals surface area contributed by atoms with Crippen LogP contribution in [0.2, 0.25) is 0 Å². The number of thioether (sulfide) groups is 1. The van der Waals surface area contributed by atoms with Crippen LogP contribution >= 0.6 is 11.8 Å². The van der Waals surface area contributed by atoms with Gasteiger partial charge in [0.1, 0.15) is 0 Å². The molecule has 0 radical (unpaired) electrons. The van der Waals surface area contributed by atoms with Crippen LogP contribution in [0, 0.1) is 0 Å². The Morgan fingerprint density at radius 1 is 1.13 bits per heavy atom. The van der Waals surface area contributed by atoms with E-state index in [1.165, 1.54) is 11.8 Å². The van der Waals surface area contributed by atoms with Crippen LogP contribution in [0.5, 0.6) is 0 Å². The average Bonchev–Trinajstić information content (AvgIpc) is 2.75. The van der Waals surface area contributed by atoms with E-state index in [4.69, 9.17) is 4.74 Å². The van der Waals surface area contributed by atoms with Crippen LogP contribution in [-0.2, 0) is 16.1 Å². The van der Waals surface area contributed by atoms with Gasteiger partial charge >= 0.3 is 0 Å². The Morgan fingerprint density at radius 3 is 2.53 bits per heavy atom. The number of amides is 1. The quantitative estimate of drug-likeness (QED) is 0.295. The molecule has 0 spiro atoms. The Kier molecular flexibility index (Phi) is 7.65. The third kappa shape index (κ3) is 5.09. The fraction of sp³-hybridized carbons (Fsp3) is 0.348. The molecule has 30 heavy (non-hydrogen) atoms. The number of benzene rings is 2. The highest BCUT2D eigenvalue weighted by Crippen LogP contribution is 2.22. The summed E-state index contributed by atoms with van der Waals surface area (Å²) in [5.74, 6) is 0.175. The van der Waals surface area contributed by atoms with Crippen LogP contribution in [0.4, 0.5) is 5.69 Å². The van der Waals surface area contributed by atoms with Crippen LogP contribution in [-0.4, -0.2) is 41.0 Å². The van der Waals surface area contributed by atoms with E-state index in [9.17, 15) is 9.59 Å². The largest absolute Gasteiger partial charge is 0.385 e. The normalized spacial score (nSPS) is 11.2. The number of carbonyl (C=O) groups excluding carboxylic acids is 1. The molecule has 0 saturated carbocycles. The molecular formula is C23H27N3O3S. The van der Waals surface area contributed by atoms with Gasteiger partial charge in [0.15, 0.2) is 5.16 Å². The maximum atomic E-state index is 13.0. The first kappa shape index (κ1) is 22.1.